The van der Waals surface area contributed by atoms with Crippen LogP contribution >= 0.6 is 0 Å². The first-order valence-corrected chi connectivity index (χ1v) is 11.9. The van der Waals surface area contributed by atoms with Crippen LogP contribution in [0.3, 0.4) is 0 Å². The van der Waals surface area contributed by atoms with Crippen molar-refractivity contribution in [1.29, 1.82) is 0 Å². The molecule has 0 aliphatic rings. The second kappa shape index (κ2) is 12.4. The van der Waals surface area contributed by atoms with Gasteiger partial charge in [0.2, 0.25) is 0 Å². The molecule has 0 aliphatic heterocycles. The van der Waals surface area contributed by atoms with Gasteiger partial charge in [-0.15, -0.1) is 0 Å². The maximum atomic E-state index is 12.8. The summed E-state index contributed by atoms with van der Waals surface area (Å²) in [5, 5.41) is 8.78. The monoisotopic (exact) mass is 498 g/mol. The summed E-state index contributed by atoms with van der Waals surface area (Å²) in [5.41, 5.74) is 1.23. The van der Waals surface area contributed by atoms with Crippen LogP contribution in [0.15, 0.2) is 48.5 Å². The number of nitrogens with one attached hydrogen (secondary N) is 3. The molecule has 196 valence electrons. The van der Waals surface area contributed by atoms with Gasteiger partial charge in [0, 0.05) is 32.2 Å². The molecule has 0 bridgehead atoms. The lowest BCUT2D eigenvalue weighted by Gasteiger charge is -2.24. The van der Waals surface area contributed by atoms with Gasteiger partial charge < -0.3 is 25.0 Å². The molecule has 3 N–H and O–H groups in total. The molecule has 2 rings (SSSR count). The number of rotatable bonds is 8. The summed E-state index contributed by atoms with van der Waals surface area (Å²) in [6.45, 7) is 12.5. The SMILES string of the molecule is CN(CCNCc1ccc(C(=O)Nc2ccccc2NC(=O)OC(C)(C)C)cc1)C(=O)OC(C)(C)C. The van der Waals surface area contributed by atoms with Crippen LogP contribution in [-0.2, 0) is 16.0 Å². The van der Waals surface area contributed by atoms with Gasteiger partial charge in [0.25, 0.3) is 5.91 Å². The molecule has 9 heteroatoms. The molecule has 3 amide bonds. The molecular weight excluding hydrogens is 460 g/mol. The Kier molecular flexibility index (Phi) is 9.86. The van der Waals surface area contributed by atoms with Gasteiger partial charge in [-0.2, -0.15) is 0 Å². The van der Waals surface area contributed by atoms with E-state index in [9.17, 15) is 14.4 Å². The smallest absolute Gasteiger partial charge is 0.412 e. The van der Waals surface area contributed by atoms with Gasteiger partial charge in [0.05, 0.1) is 11.4 Å². The molecule has 0 aromatic heterocycles. The maximum Gasteiger partial charge on any atom is 0.412 e. The second-order valence-corrected chi connectivity index (χ2v) is 10.4. The molecule has 2 aromatic carbocycles. The molecular formula is C27H38N4O5. The zero-order chi connectivity index (χ0) is 26.9. The molecule has 0 unspecified atom stereocenters. The van der Waals surface area contributed by atoms with Crippen molar-refractivity contribution in [2.24, 2.45) is 0 Å². The minimum absolute atomic E-state index is 0.299. The number of nitrogens with zero attached hydrogens (tertiary/aromatic N) is 1. The number of amides is 3. The van der Waals surface area contributed by atoms with E-state index >= 15 is 0 Å². The Morgan fingerprint density at radius 2 is 1.36 bits per heavy atom. The summed E-state index contributed by atoms with van der Waals surface area (Å²) in [5.74, 6) is -0.299. The standard InChI is InChI=1S/C27H38N4O5/c1-26(2,3)35-24(33)30-22-11-9-8-10-21(22)29-23(32)20-14-12-19(13-15-20)18-28-16-17-31(7)25(34)36-27(4,5)6/h8-15,28H,16-18H2,1-7H3,(H,29,32)(H,30,33). The zero-order valence-electron chi connectivity index (χ0n) is 22.2. The van der Waals surface area contributed by atoms with Crippen LogP contribution in [0.25, 0.3) is 0 Å². The molecule has 0 fully saturated rings. The summed E-state index contributed by atoms with van der Waals surface area (Å²) in [6, 6.07) is 14.1. The van der Waals surface area contributed by atoms with Gasteiger partial charge in [0.1, 0.15) is 11.2 Å². The highest BCUT2D eigenvalue weighted by molar-refractivity contribution is 6.06. The summed E-state index contributed by atoms with van der Waals surface area (Å²) < 4.78 is 10.6. The topological polar surface area (TPSA) is 109 Å². The van der Waals surface area contributed by atoms with E-state index in [0.717, 1.165) is 5.56 Å². The second-order valence-electron chi connectivity index (χ2n) is 10.4. The highest BCUT2D eigenvalue weighted by Crippen LogP contribution is 2.23. The Morgan fingerprint density at radius 1 is 0.806 bits per heavy atom. The van der Waals surface area contributed by atoms with E-state index in [4.69, 9.17) is 9.47 Å². The van der Waals surface area contributed by atoms with Crippen molar-refractivity contribution in [2.45, 2.75) is 59.3 Å². The number of hydrogen-bond acceptors (Lipinski definition) is 6. The van der Waals surface area contributed by atoms with E-state index in [1.54, 1.807) is 64.2 Å². The van der Waals surface area contributed by atoms with Gasteiger partial charge in [0.15, 0.2) is 0 Å². The first-order valence-electron chi connectivity index (χ1n) is 11.9. The number of likely N-dealkylation sites (N-methyl/N-ethyl adjacent to an activating group) is 1. The summed E-state index contributed by atoms with van der Waals surface area (Å²) in [6.07, 6.45) is -0.958. The minimum atomic E-state index is -0.632. The van der Waals surface area contributed by atoms with E-state index in [2.05, 4.69) is 16.0 Å². The van der Waals surface area contributed by atoms with Gasteiger partial charge in [-0.05, 0) is 71.4 Å². The molecule has 0 radical (unpaired) electrons. The highest BCUT2D eigenvalue weighted by atomic mass is 16.6. The summed E-state index contributed by atoms with van der Waals surface area (Å²) >= 11 is 0. The number of hydrogen-bond donors (Lipinski definition) is 3. The number of anilines is 2. The van der Waals surface area contributed by atoms with Crippen LogP contribution in [0.1, 0.15) is 57.5 Å². The highest BCUT2D eigenvalue weighted by Gasteiger charge is 2.19. The van der Waals surface area contributed by atoms with Gasteiger partial charge >= 0.3 is 12.2 Å². The number of ether oxygens (including phenoxy) is 2. The third-order valence-electron chi connectivity index (χ3n) is 4.69. The van der Waals surface area contributed by atoms with Crippen LogP contribution in [0.4, 0.5) is 21.0 Å². The fourth-order valence-electron chi connectivity index (χ4n) is 2.99. The third-order valence-corrected chi connectivity index (χ3v) is 4.69. The van der Waals surface area contributed by atoms with Crippen molar-refractivity contribution < 1.29 is 23.9 Å². The lowest BCUT2D eigenvalue weighted by molar-refractivity contribution is 0.0300. The van der Waals surface area contributed by atoms with Crippen LogP contribution in [0.5, 0.6) is 0 Å². The molecule has 0 atom stereocenters. The molecule has 2 aromatic rings. The molecule has 0 aliphatic carbocycles. The fraction of sp³-hybridized carbons (Fsp3) is 0.444. The van der Waals surface area contributed by atoms with Crippen molar-refractivity contribution >= 4 is 29.5 Å². The van der Waals surface area contributed by atoms with E-state index in [0.29, 0.717) is 36.6 Å². The number of benzene rings is 2. The number of carbonyl (C=O) groups excluding carboxylic acids is 3. The summed E-state index contributed by atoms with van der Waals surface area (Å²) in [4.78, 5) is 38.4. The average molecular weight is 499 g/mol. The van der Waals surface area contributed by atoms with Crippen LogP contribution < -0.4 is 16.0 Å². The van der Waals surface area contributed by atoms with E-state index in [1.165, 1.54) is 4.90 Å². The Morgan fingerprint density at radius 3 is 1.92 bits per heavy atom. The molecule has 0 saturated heterocycles. The molecule has 0 spiro atoms. The first kappa shape index (κ1) is 28.6. The molecule has 36 heavy (non-hydrogen) atoms. The van der Waals surface area contributed by atoms with Gasteiger partial charge in [-0.3, -0.25) is 10.1 Å². The van der Waals surface area contributed by atoms with E-state index in [-0.39, 0.29) is 12.0 Å². The van der Waals surface area contributed by atoms with Gasteiger partial charge in [-0.1, -0.05) is 24.3 Å². The largest absolute Gasteiger partial charge is 0.444 e. The van der Waals surface area contributed by atoms with Gasteiger partial charge in [-0.25, -0.2) is 9.59 Å². The lowest BCUT2D eigenvalue weighted by Crippen LogP contribution is -2.37. The van der Waals surface area contributed by atoms with E-state index in [1.807, 2.05) is 32.9 Å². The molecule has 9 nitrogen and oxygen atoms in total. The van der Waals surface area contributed by atoms with Crippen LogP contribution in [0.2, 0.25) is 0 Å². The Bertz CT molecular complexity index is 1040. The minimum Gasteiger partial charge on any atom is -0.444 e. The molecule has 0 heterocycles. The van der Waals surface area contributed by atoms with Crippen molar-refractivity contribution in [3.05, 3.63) is 59.7 Å². The third kappa shape index (κ3) is 10.4. The Hall–Kier alpha value is -3.59. The van der Waals surface area contributed by atoms with Crippen LogP contribution in [0, 0.1) is 0 Å². The van der Waals surface area contributed by atoms with E-state index < -0.39 is 17.3 Å². The predicted octanol–water partition coefficient (Wildman–Crippen LogP) is 5.24. The average Bonchev–Trinajstić information content (AvgIpc) is 2.75. The zero-order valence-corrected chi connectivity index (χ0v) is 22.2. The Balaban J connectivity index is 1.86. The lowest BCUT2D eigenvalue weighted by atomic mass is 10.1. The van der Waals surface area contributed by atoms with Crippen LogP contribution in [-0.4, -0.2) is 54.3 Å². The van der Waals surface area contributed by atoms with Crippen molar-refractivity contribution in [1.82, 2.24) is 10.2 Å². The van der Waals surface area contributed by atoms with Crippen molar-refractivity contribution in [3.8, 4) is 0 Å². The number of para-hydroxylation sites is 2. The van der Waals surface area contributed by atoms with Crippen molar-refractivity contribution in [3.63, 3.8) is 0 Å². The maximum absolute atomic E-state index is 12.8. The first-order chi connectivity index (χ1) is 16.7. The number of carbonyl (C=O) groups is 3. The molecule has 0 saturated carbocycles. The Labute approximate surface area is 213 Å². The fourth-order valence-corrected chi connectivity index (χ4v) is 2.99. The predicted molar refractivity (Wildman–Crippen MR) is 141 cm³/mol. The summed E-state index contributed by atoms with van der Waals surface area (Å²) in [7, 11) is 1.70. The van der Waals surface area contributed by atoms with Crippen molar-refractivity contribution in [2.75, 3.05) is 30.8 Å². The normalized spacial score (nSPS) is 11.4. The quantitative estimate of drug-likeness (QED) is 0.429.